The van der Waals surface area contributed by atoms with Crippen LogP contribution in [0.3, 0.4) is 0 Å². The van der Waals surface area contributed by atoms with Crippen LogP contribution in [0.4, 0.5) is 5.95 Å². The number of nitrogens with one attached hydrogen (secondary N) is 1. The van der Waals surface area contributed by atoms with Gasteiger partial charge in [0.2, 0.25) is 5.95 Å². The van der Waals surface area contributed by atoms with Crippen LogP contribution in [0.2, 0.25) is 0 Å². The van der Waals surface area contributed by atoms with Crippen molar-refractivity contribution in [1.29, 1.82) is 0 Å². The van der Waals surface area contributed by atoms with Crippen molar-refractivity contribution >= 4 is 17.3 Å². The molecule has 0 amide bonds. The lowest BCUT2D eigenvalue weighted by Crippen LogP contribution is -2.03. The van der Waals surface area contributed by atoms with Gasteiger partial charge in [0, 0.05) is 12.7 Å². The third kappa shape index (κ3) is 2.15. The van der Waals surface area contributed by atoms with Gasteiger partial charge >= 0.3 is 0 Å². The molecule has 78 valence electrons. The smallest absolute Gasteiger partial charge is 0.223 e. The van der Waals surface area contributed by atoms with E-state index in [0.29, 0.717) is 5.95 Å². The van der Waals surface area contributed by atoms with Gasteiger partial charge in [0.15, 0.2) is 0 Å². The van der Waals surface area contributed by atoms with E-state index in [9.17, 15) is 0 Å². The lowest BCUT2D eigenvalue weighted by Gasteiger charge is -2.05. The van der Waals surface area contributed by atoms with Crippen LogP contribution < -0.4 is 5.32 Å². The molecule has 3 nitrogen and oxygen atoms in total. The van der Waals surface area contributed by atoms with Crippen molar-refractivity contribution in [2.24, 2.45) is 0 Å². The molecular formula is C11H13N3S. The number of hydrogen-bond donors (Lipinski definition) is 1. The van der Waals surface area contributed by atoms with Crippen LogP contribution in [0.5, 0.6) is 0 Å². The van der Waals surface area contributed by atoms with Crippen molar-refractivity contribution in [2.75, 3.05) is 11.9 Å². The quantitative estimate of drug-likeness (QED) is 0.862. The van der Waals surface area contributed by atoms with Gasteiger partial charge in [-0.25, -0.2) is 9.97 Å². The Morgan fingerprint density at radius 2 is 2.33 bits per heavy atom. The minimum Gasteiger partial charge on any atom is -0.354 e. The Hall–Kier alpha value is -1.42. The molecule has 2 heterocycles. The first-order chi connectivity index (χ1) is 7.31. The summed E-state index contributed by atoms with van der Waals surface area (Å²) in [5.41, 5.74) is 2.13. The zero-order valence-corrected chi connectivity index (χ0v) is 9.64. The highest BCUT2D eigenvalue weighted by Crippen LogP contribution is 2.25. The van der Waals surface area contributed by atoms with Gasteiger partial charge in [-0.15, -0.1) is 11.3 Å². The summed E-state index contributed by atoms with van der Waals surface area (Å²) in [5, 5.41) is 5.18. The van der Waals surface area contributed by atoms with Crippen molar-refractivity contribution in [3.8, 4) is 10.6 Å². The predicted molar refractivity (Wildman–Crippen MR) is 64.2 cm³/mol. The summed E-state index contributed by atoms with van der Waals surface area (Å²) in [6, 6.07) is 4.12. The summed E-state index contributed by atoms with van der Waals surface area (Å²) < 4.78 is 0. The Kier molecular flexibility index (Phi) is 2.97. The van der Waals surface area contributed by atoms with Crippen molar-refractivity contribution < 1.29 is 0 Å². The Morgan fingerprint density at radius 1 is 1.47 bits per heavy atom. The molecule has 0 atom stereocenters. The molecule has 2 rings (SSSR count). The predicted octanol–water partition coefficient (Wildman–Crippen LogP) is 2.95. The van der Waals surface area contributed by atoms with Crippen LogP contribution in [-0.4, -0.2) is 16.5 Å². The van der Waals surface area contributed by atoms with E-state index in [-0.39, 0.29) is 0 Å². The van der Waals surface area contributed by atoms with E-state index in [0.717, 1.165) is 17.8 Å². The van der Waals surface area contributed by atoms with Gasteiger partial charge < -0.3 is 5.32 Å². The molecular weight excluding hydrogens is 206 g/mol. The molecule has 1 N–H and O–H groups in total. The largest absolute Gasteiger partial charge is 0.354 e. The van der Waals surface area contributed by atoms with Gasteiger partial charge in [0.1, 0.15) is 0 Å². The Morgan fingerprint density at radius 3 is 3.00 bits per heavy atom. The van der Waals surface area contributed by atoms with Crippen molar-refractivity contribution in [3.63, 3.8) is 0 Å². The first-order valence-electron chi connectivity index (χ1n) is 4.92. The van der Waals surface area contributed by atoms with Crippen LogP contribution >= 0.6 is 11.3 Å². The van der Waals surface area contributed by atoms with Crippen LogP contribution in [0.1, 0.15) is 12.5 Å². The molecule has 4 heteroatoms. The van der Waals surface area contributed by atoms with E-state index in [4.69, 9.17) is 0 Å². The first-order valence-corrected chi connectivity index (χ1v) is 5.80. The van der Waals surface area contributed by atoms with Crippen LogP contribution in [-0.2, 0) is 0 Å². The molecule has 0 aliphatic heterocycles. The highest BCUT2D eigenvalue weighted by Gasteiger charge is 2.06. The van der Waals surface area contributed by atoms with Gasteiger partial charge in [-0.05, 0) is 30.9 Å². The molecule has 2 aromatic rings. The van der Waals surface area contributed by atoms with Gasteiger partial charge in [-0.2, -0.15) is 0 Å². The lowest BCUT2D eigenvalue weighted by atomic mass is 10.2. The van der Waals surface area contributed by atoms with Crippen molar-refractivity contribution in [1.82, 2.24) is 9.97 Å². The van der Waals surface area contributed by atoms with E-state index < -0.39 is 0 Å². The number of anilines is 1. The molecule has 0 unspecified atom stereocenters. The summed E-state index contributed by atoms with van der Waals surface area (Å²) in [4.78, 5) is 9.90. The second-order valence-electron chi connectivity index (χ2n) is 3.23. The van der Waals surface area contributed by atoms with E-state index in [1.165, 1.54) is 4.88 Å². The Labute approximate surface area is 93.2 Å². The average Bonchev–Trinajstić information content (AvgIpc) is 2.74. The summed E-state index contributed by atoms with van der Waals surface area (Å²) in [5.74, 6) is 0.700. The summed E-state index contributed by atoms with van der Waals surface area (Å²) >= 11 is 1.70. The van der Waals surface area contributed by atoms with E-state index in [1.54, 1.807) is 11.3 Å². The highest BCUT2D eigenvalue weighted by atomic mass is 32.1. The van der Waals surface area contributed by atoms with Crippen molar-refractivity contribution in [2.45, 2.75) is 13.8 Å². The van der Waals surface area contributed by atoms with Crippen LogP contribution in [0, 0.1) is 6.92 Å². The van der Waals surface area contributed by atoms with Crippen LogP contribution in [0.25, 0.3) is 10.6 Å². The zero-order valence-electron chi connectivity index (χ0n) is 8.82. The Bertz CT molecular complexity index is 437. The van der Waals surface area contributed by atoms with Crippen LogP contribution in [0.15, 0.2) is 23.7 Å². The Balaban J connectivity index is 2.41. The maximum atomic E-state index is 4.49. The number of aromatic nitrogens is 2. The summed E-state index contributed by atoms with van der Waals surface area (Å²) in [6.07, 6.45) is 1.86. The zero-order chi connectivity index (χ0) is 10.7. The monoisotopic (exact) mass is 219 g/mol. The third-order valence-electron chi connectivity index (χ3n) is 2.06. The summed E-state index contributed by atoms with van der Waals surface area (Å²) in [6.45, 7) is 4.91. The van der Waals surface area contributed by atoms with E-state index in [1.807, 2.05) is 26.1 Å². The SMILES string of the molecule is CCNc1ncc(C)c(-c2cccs2)n1. The molecule has 0 saturated heterocycles. The fourth-order valence-electron chi connectivity index (χ4n) is 1.35. The summed E-state index contributed by atoms with van der Waals surface area (Å²) in [7, 11) is 0. The number of aryl methyl sites for hydroxylation is 1. The molecule has 0 aromatic carbocycles. The molecule has 0 saturated carbocycles. The second kappa shape index (κ2) is 4.40. The molecule has 0 bridgehead atoms. The minimum atomic E-state index is 0.700. The average molecular weight is 219 g/mol. The van der Waals surface area contributed by atoms with Gasteiger partial charge in [-0.3, -0.25) is 0 Å². The lowest BCUT2D eigenvalue weighted by molar-refractivity contribution is 1.07. The molecule has 0 fully saturated rings. The molecule has 15 heavy (non-hydrogen) atoms. The number of hydrogen-bond acceptors (Lipinski definition) is 4. The number of nitrogens with zero attached hydrogens (tertiary/aromatic N) is 2. The maximum Gasteiger partial charge on any atom is 0.223 e. The normalized spacial score (nSPS) is 10.3. The maximum absolute atomic E-state index is 4.49. The fraction of sp³-hybridized carbons (Fsp3) is 0.273. The van der Waals surface area contributed by atoms with Crippen molar-refractivity contribution in [3.05, 3.63) is 29.3 Å². The number of rotatable bonds is 3. The van der Waals surface area contributed by atoms with E-state index >= 15 is 0 Å². The van der Waals surface area contributed by atoms with E-state index in [2.05, 4.69) is 26.7 Å². The molecule has 0 radical (unpaired) electrons. The molecule has 0 aliphatic carbocycles. The highest BCUT2D eigenvalue weighted by molar-refractivity contribution is 7.13. The fourth-order valence-corrected chi connectivity index (χ4v) is 2.13. The minimum absolute atomic E-state index is 0.700. The molecule has 2 aromatic heterocycles. The standard InChI is InChI=1S/C11H13N3S/c1-3-12-11-13-7-8(2)10(14-11)9-5-4-6-15-9/h4-7H,3H2,1-2H3,(H,12,13,14). The van der Waals surface area contributed by atoms with Gasteiger partial charge in [-0.1, -0.05) is 6.07 Å². The number of thiophene rings is 1. The first kappa shape index (κ1) is 10.1. The van der Waals surface area contributed by atoms with Gasteiger partial charge in [0.05, 0.1) is 10.6 Å². The molecule has 0 spiro atoms. The second-order valence-corrected chi connectivity index (χ2v) is 4.18. The third-order valence-corrected chi connectivity index (χ3v) is 2.94. The molecule has 0 aliphatic rings. The van der Waals surface area contributed by atoms with Gasteiger partial charge in [0.25, 0.3) is 0 Å². The topological polar surface area (TPSA) is 37.8 Å².